The van der Waals surface area contributed by atoms with Crippen molar-refractivity contribution >= 4 is 11.5 Å². The van der Waals surface area contributed by atoms with Crippen LogP contribution in [0.3, 0.4) is 0 Å². The van der Waals surface area contributed by atoms with E-state index in [0.717, 1.165) is 0 Å². The van der Waals surface area contributed by atoms with Crippen LogP contribution < -0.4 is 0 Å². The molecule has 0 saturated heterocycles. The minimum Gasteiger partial charge on any atom is -0.288 e. The zero-order valence-corrected chi connectivity index (χ0v) is 11.3. The van der Waals surface area contributed by atoms with Crippen LogP contribution in [0.15, 0.2) is 61.2 Å². The Kier molecular flexibility index (Phi) is 3.45. The lowest BCUT2D eigenvalue weighted by Crippen LogP contribution is -2.10. The second-order valence-electron chi connectivity index (χ2n) is 4.49. The molecule has 1 aromatic heterocycles. The molecule has 0 atom stereocenters. The van der Waals surface area contributed by atoms with Gasteiger partial charge in [-0.3, -0.25) is 19.5 Å². The molecule has 0 fully saturated rings. The Balaban J connectivity index is 2.24. The fourth-order valence-corrected chi connectivity index (χ4v) is 2.19. The standard InChI is InChI=1S/C15H10N4O3/c20-15(11-5-2-1-3-6-11)14-12(18-9-16-17-10-18)7-4-8-13(14)19(21)22/h1-10H. The Bertz CT molecular complexity index is 829. The van der Waals surface area contributed by atoms with Crippen molar-refractivity contribution in [3.8, 4) is 5.69 Å². The second kappa shape index (κ2) is 5.57. The van der Waals surface area contributed by atoms with E-state index in [-0.39, 0.29) is 11.3 Å². The number of nitro groups is 1. The molecular weight excluding hydrogens is 284 g/mol. The summed E-state index contributed by atoms with van der Waals surface area (Å²) in [7, 11) is 0. The predicted octanol–water partition coefficient (Wildman–Crippen LogP) is 2.41. The number of nitro benzene ring substituents is 1. The summed E-state index contributed by atoms with van der Waals surface area (Å²) < 4.78 is 1.48. The van der Waals surface area contributed by atoms with Gasteiger partial charge in [-0.2, -0.15) is 0 Å². The molecule has 0 unspecified atom stereocenters. The summed E-state index contributed by atoms with van der Waals surface area (Å²) in [4.78, 5) is 23.5. The van der Waals surface area contributed by atoms with Crippen molar-refractivity contribution in [2.24, 2.45) is 0 Å². The van der Waals surface area contributed by atoms with Gasteiger partial charge in [-0.15, -0.1) is 10.2 Å². The minimum atomic E-state index is -0.565. The van der Waals surface area contributed by atoms with Gasteiger partial charge in [-0.1, -0.05) is 36.4 Å². The molecule has 0 N–H and O–H groups in total. The average molecular weight is 294 g/mol. The summed E-state index contributed by atoms with van der Waals surface area (Å²) in [5.74, 6) is -0.420. The van der Waals surface area contributed by atoms with Gasteiger partial charge >= 0.3 is 0 Å². The maximum atomic E-state index is 12.7. The number of carbonyl (C=O) groups excluding carboxylic acids is 1. The number of hydrogen-bond acceptors (Lipinski definition) is 5. The molecule has 7 nitrogen and oxygen atoms in total. The molecule has 2 aromatic carbocycles. The van der Waals surface area contributed by atoms with E-state index in [2.05, 4.69) is 10.2 Å². The quantitative estimate of drug-likeness (QED) is 0.418. The first kappa shape index (κ1) is 13.6. The van der Waals surface area contributed by atoms with E-state index < -0.39 is 10.7 Å². The van der Waals surface area contributed by atoms with E-state index in [4.69, 9.17) is 0 Å². The van der Waals surface area contributed by atoms with Crippen LogP contribution in [0.2, 0.25) is 0 Å². The highest BCUT2D eigenvalue weighted by molar-refractivity contribution is 6.13. The van der Waals surface area contributed by atoms with Crippen molar-refractivity contribution in [3.63, 3.8) is 0 Å². The largest absolute Gasteiger partial charge is 0.288 e. The van der Waals surface area contributed by atoms with Gasteiger partial charge in [-0.25, -0.2) is 0 Å². The zero-order valence-electron chi connectivity index (χ0n) is 11.3. The number of nitrogens with zero attached hydrogens (tertiary/aromatic N) is 4. The number of benzene rings is 2. The highest BCUT2D eigenvalue weighted by atomic mass is 16.6. The van der Waals surface area contributed by atoms with Gasteiger partial charge < -0.3 is 0 Å². The topological polar surface area (TPSA) is 90.9 Å². The third-order valence-electron chi connectivity index (χ3n) is 3.18. The van der Waals surface area contributed by atoms with Gasteiger partial charge in [0.25, 0.3) is 5.69 Å². The van der Waals surface area contributed by atoms with Crippen LogP contribution in [0, 0.1) is 10.1 Å². The highest BCUT2D eigenvalue weighted by Gasteiger charge is 2.25. The molecule has 22 heavy (non-hydrogen) atoms. The molecule has 0 bridgehead atoms. The molecule has 0 aliphatic rings. The van der Waals surface area contributed by atoms with Gasteiger partial charge in [0.15, 0.2) is 0 Å². The van der Waals surface area contributed by atoms with E-state index in [1.165, 1.54) is 29.4 Å². The number of carbonyl (C=O) groups is 1. The molecule has 3 aromatic rings. The van der Waals surface area contributed by atoms with Crippen molar-refractivity contribution in [2.75, 3.05) is 0 Å². The van der Waals surface area contributed by atoms with Crippen molar-refractivity contribution in [2.45, 2.75) is 0 Å². The third kappa shape index (κ3) is 2.35. The van der Waals surface area contributed by atoms with Crippen molar-refractivity contribution in [3.05, 3.63) is 82.4 Å². The average Bonchev–Trinajstić information content (AvgIpc) is 3.08. The third-order valence-corrected chi connectivity index (χ3v) is 3.18. The van der Waals surface area contributed by atoms with Crippen LogP contribution in [-0.2, 0) is 0 Å². The molecule has 7 heteroatoms. The molecule has 0 aliphatic heterocycles. The number of hydrogen-bond donors (Lipinski definition) is 0. The minimum absolute atomic E-state index is 0.0125. The molecule has 0 radical (unpaired) electrons. The number of ketones is 1. The van der Waals surface area contributed by atoms with Crippen LogP contribution >= 0.6 is 0 Å². The second-order valence-corrected chi connectivity index (χ2v) is 4.49. The maximum Gasteiger partial charge on any atom is 0.282 e. The normalized spacial score (nSPS) is 10.4. The molecule has 108 valence electrons. The van der Waals surface area contributed by atoms with Gasteiger partial charge in [0, 0.05) is 11.6 Å². The van der Waals surface area contributed by atoms with Gasteiger partial charge in [0.05, 0.1) is 10.6 Å². The molecular formula is C15H10N4O3. The van der Waals surface area contributed by atoms with Crippen LogP contribution in [0.4, 0.5) is 5.69 Å². The first-order chi connectivity index (χ1) is 10.7. The first-order valence-electron chi connectivity index (χ1n) is 6.40. The number of aromatic nitrogens is 3. The molecule has 0 spiro atoms. The fourth-order valence-electron chi connectivity index (χ4n) is 2.19. The lowest BCUT2D eigenvalue weighted by molar-refractivity contribution is -0.385. The molecule has 1 heterocycles. The van der Waals surface area contributed by atoms with Gasteiger partial charge in [-0.05, 0) is 6.07 Å². The Morgan fingerprint density at radius 1 is 1.00 bits per heavy atom. The lowest BCUT2D eigenvalue weighted by Gasteiger charge is -2.09. The van der Waals surface area contributed by atoms with Crippen LogP contribution in [0.5, 0.6) is 0 Å². The van der Waals surface area contributed by atoms with Crippen LogP contribution in [0.1, 0.15) is 15.9 Å². The SMILES string of the molecule is O=C(c1ccccc1)c1c(-n2cnnc2)cccc1[N+](=O)[O-]. The van der Waals surface area contributed by atoms with E-state index in [1.807, 2.05) is 0 Å². The van der Waals surface area contributed by atoms with E-state index in [1.54, 1.807) is 36.4 Å². The summed E-state index contributed by atoms with van der Waals surface area (Å²) >= 11 is 0. The fraction of sp³-hybridized carbons (Fsp3) is 0. The Labute approximate surface area is 125 Å². The lowest BCUT2D eigenvalue weighted by atomic mass is 9.99. The van der Waals surface area contributed by atoms with E-state index in [9.17, 15) is 14.9 Å². The summed E-state index contributed by atoms with van der Waals surface area (Å²) in [6, 6.07) is 12.9. The van der Waals surface area contributed by atoms with Crippen molar-refractivity contribution < 1.29 is 9.72 Å². The monoisotopic (exact) mass is 294 g/mol. The molecule has 0 saturated carbocycles. The first-order valence-corrected chi connectivity index (χ1v) is 6.40. The summed E-state index contributed by atoms with van der Waals surface area (Å²) in [5, 5.41) is 18.6. The van der Waals surface area contributed by atoms with Crippen LogP contribution in [0.25, 0.3) is 5.69 Å². The summed E-state index contributed by atoms with van der Waals surface area (Å²) in [6.07, 6.45) is 2.78. The van der Waals surface area contributed by atoms with Crippen LogP contribution in [-0.4, -0.2) is 25.5 Å². The highest BCUT2D eigenvalue weighted by Crippen LogP contribution is 2.27. The molecule has 3 rings (SSSR count). The number of rotatable bonds is 4. The summed E-state index contributed by atoms with van der Waals surface area (Å²) in [6.45, 7) is 0. The Morgan fingerprint density at radius 2 is 1.68 bits per heavy atom. The summed E-state index contributed by atoms with van der Waals surface area (Å²) in [5.41, 5.74) is 0.512. The molecule has 0 aliphatic carbocycles. The Hall–Kier alpha value is -3.35. The van der Waals surface area contributed by atoms with Crippen molar-refractivity contribution in [1.29, 1.82) is 0 Å². The van der Waals surface area contributed by atoms with Gasteiger partial charge in [0.2, 0.25) is 5.78 Å². The van der Waals surface area contributed by atoms with E-state index in [0.29, 0.717) is 11.3 Å². The van der Waals surface area contributed by atoms with Gasteiger partial charge in [0.1, 0.15) is 18.2 Å². The smallest absolute Gasteiger partial charge is 0.282 e. The predicted molar refractivity (Wildman–Crippen MR) is 77.9 cm³/mol. The Morgan fingerprint density at radius 3 is 2.32 bits per heavy atom. The molecule has 0 amide bonds. The maximum absolute atomic E-state index is 12.7. The van der Waals surface area contributed by atoms with Crippen molar-refractivity contribution in [1.82, 2.24) is 14.8 Å². The van der Waals surface area contributed by atoms with E-state index >= 15 is 0 Å². The zero-order chi connectivity index (χ0) is 15.5.